The highest BCUT2D eigenvalue weighted by molar-refractivity contribution is 7.99. The highest BCUT2D eigenvalue weighted by atomic mass is 35.5. The van der Waals surface area contributed by atoms with Gasteiger partial charge >= 0.3 is 11.9 Å². The normalized spacial score (nSPS) is 22.6. The predicted molar refractivity (Wildman–Crippen MR) is 125 cm³/mol. The molecular formula is C24H27ClFNO5S. The Hall–Kier alpha value is -2.32. The number of carbonyl (C=O) groups excluding carboxylic acids is 3. The first-order chi connectivity index (χ1) is 15.7. The van der Waals surface area contributed by atoms with E-state index in [9.17, 15) is 14.4 Å². The molecule has 3 rings (SSSR count). The van der Waals surface area contributed by atoms with Gasteiger partial charge in [0.2, 0.25) is 0 Å². The first-order valence-corrected chi connectivity index (χ1v) is 12.3. The van der Waals surface area contributed by atoms with Crippen molar-refractivity contribution in [3.05, 3.63) is 57.1 Å². The molecule has 0 saturated heterocycles. The van der Waals surface area contributed by atoms with Crippen LogP contribution in [0.5, 0.6) is 0 Å². The lowest BCUT2D eigenvalue weighted by atomic mass is 9.69. The third-order valence-electron chi connectivity index (χ3n) is 5.92. The summed E-state index contributed by atoms with van der Waals surface area (Å²) in [5.74, 6) is -3.48. The Balaban J connectivity index is 2.14. The van der Waals surface area contributed by atoms with Crippen LogP contribution >= 0.6 is 23.4 Å². The van der Waals surface area contributed by atoms with Crippen LogP contribution in [0.3, 0.4) is 0 Å². The number of ketones is 1. The van der Waals surface area contributed by atoms with Crippen molar-refractivity contribution in [3.63, 3.8) is 0 Å². The van der Waals surface area contributed by atoms with E-state index in [2.05, 4.69) is 5.32 Å². The van der Waals surface area contributed by atoms with Gasteiger partial charge in [0.15, 0.2) is 5.78 Å². The van der Waals surface area contributed by atoms with Gasteiger partial charge in [0.25, 0.3) is 0 Å². The number of dihydropyridines is 1. The van der Waals surface area contributed by atoms with Crippen LogP contribution in [-0.4, -0.2) is 42.9 Å². The van der Waals surface area contributed by atoms with Crippen LogP contribution in [0.4, 0.5) is 4.39 Å². The number of hydrogen-bond donors (Lipinski definition) is 1. The van der Waals surface area contributed by atoms with Gasteiger partial charge in [0, 0.05) is 33.3 Å². The first-order valence-electron chi connectivity index (χ1n) is 10.7. The summed E-state index contributed by atoms with van der Waals surface area (Å²) in [6.07, 6.45) is 0.357. The average molecular weight is 496 g/mol. The van der Waals surface area contributed by atoms with E-state index in [1.54, 1.807) is 25.6 Å². The largest absolute Gasteiger partial charge is 0.468 e. The van der Waals surface area contributed by atoms with Crippen molar-refractivity contribution in [2.24, 2.45) is 11.8 Å². The Morgan fingerprint density at radius 1 is 1.33 bits per heavy atom. The number of allylic oxidation sites excluding steroid dienone is 3. The number of rotatable bonds is 7. The maximum atomic E-state index is 15.1. The smallest absolute Gasteiger partial charge is 0.336 e. The quantitative estimate of drug-likeness (QED) is 0.341. The van der Waals surface area contributed by atoms with E-state index >= 15 is 4.39 Å². The molecule has 1 aromatic rings. The number of methoxy groups -OCH3 is 1. The van der Waals surface area contributed by atoms with Crippen LogP contribution in [0.2, 0.25) is 5.02 Å². The topological polar surface area (TPSA) is 81.7 Å². The lowest BCUT2D eigenvalue weighted by molar-refractivity contribution is -0.151. The zero-order chi connectivity index (χ0) is 24.3. The summed E-state index contributed by atoms with van der Waals surface area (Å²) in [6.45, 7) is 5.64. The summed E-state index contributed by atoms with van der Waals surface area (Å²) in [7, 11) is 1.22. The lowest BCUT2D eigenvalue weighted by Crippen LogP contribution is -2.43. The van der Waals surface area contributed by atoms with Gasteiger partial charge in [-0.1, -0.05) is 31.5 Å². The number of thioether (sulfide) groups is 1. The summed E-state index contributed by atoms with van der Waals surface area (Å²) in [4.78, 5) is 39.2. The molecule has 1 heterocycles. The minimum absolute atomic E-state index is 0.00826. The van der Waals surface area contributed by atoms with Crippen molar-refractivity contribution in [1.82, 2.24) is 5.32 Å². The van der Waals surface area contributed by atoms with Crippen LogP contribution in [0.25, 0.3) is 0 Å². The standard InChI is InChI=1S/C24H27ClFNO5S/c1-5-33-10-9-32-24(30)18-13(3)27-16-11-12(2)17(23(29)31-4)22(28)20(16)21(18)19-14(25)7-6-8-15(19)26/h6-8,12,17,21,27H,5,9-11H2,1-4H3/t12-,17+,21+/m1/s1. The Bertz CT molecular complexity index is 1020. The van der Waals surface area contributed by atoms with E-state index in [0.717, 1.165) is 5.75 Å². The maximum Gasteiger partial charge on any atom is 0.336 e. The minimum atomic E-state index is -1.10. The van der Waals surface area contributed by atoms with Crippen molar-refractivity contribution in [2.45, 2.75) is 33.1 Å². The molecule has 178 valence electrons. The molecule has 9 heteroatoms. The fraction of sp³-hybridized carbons (Fsp3) is 0.458. The van der Waals surface area contributed by atoms with Gasteiger partial charge in [0.05, 0.1) is 18.6 Å². The number of carbonyl (C=O) groups is 3. The molecule has 0 spiro atoms. The van der Waals surface area contributed by atoms with Gasteiger partial charge in [0.1, 0.15) is 18.3 Å². The minimum Gasteiger partial charge on any atom is -0.468 e. The number of halogens is 2. The van der Waals surface area contributed by atoms with Gasteiger partial charge in [-0.2, -0.15) is 11.8 Å². The Morgan fingerprint density at radius 3 is 2.70 bits per heavy atom. The van der Waals surface area contributed by atoms with Crippen LogP contribution in [0.1, 0.15) is 38.7 Å². The van der Waals surface area contributed by atoms with Crippen molar-refractivity contribution in [3.8, 4) is 0 Å². The fourth-order valence-corrected chi connectivity index (χ4v) is 5.20. The molecule has 33 heavy (non-hydrogen) atoms. The number of Topliss-reactive ketones (excluding diaryl/α,β-unsaturated/α-hetero) is 1. The molecule has 0 fully saturated rings. The van der Waals surface area contributed by atoms with Gasteiger partial charge in [-0.05, 0) is 37.1 Å². The van der Waals surface area contributed by atoms with Gasteiger partial charge < -0.3 is 14.8 Å². The Labute approximate surface area is 201 Å². The molecule has 0 unspecified atom stereocenters. The fourth-order valence-electron chi connectivity index (χ4n) is 4.44. The lowest BCUT2D eigenvalue weighted by Gasteiger charge is -2.38. The Kier molecular flexibility index (Phi) is 8.23. The van der Waals surface area contributed by atoms with E-state index in [-0.39, 0.29) is 34.3 Å². The van der Waals surface area contributed by atoms with Crippen LogP contribution in [-0.2, 0) is 23.9 Å². The molecule has 1 aliphatic heterocycles. The highest BCUT2D eigenvalue weighted by Crippen LogP contribution is 2.47. The van der Waals surface area contributed by atoms with E-state index in [4.69, 9.17) is 21.1 Å². The van der Waals surface area contributed by atoms with E-state index in [1.165, 1.54) is 25.3 Å². The summed E-state index contributed by atoms with van der Waals surface area (Å²) in [5.41, 5.74) is 1.27. The van der Waals surface area contributed by atoms with Crippen LogP contribution < -0.4 is 5.32 Å². The molecule has 2 aliphatic rings. The van der Waals surface area contributed by atoms with Crippen molar-refractivity contribution < 1.29 is 28.2 Å². The summed E-state index contributed by atoms with van der Waals surface area (Å²) in [6, 6.07) is 4.19. The number of hydrogen-bond acceptors (Lipinski definition) is 7. The molecule has 0 amide bonds. The van der Waals surface area contributed by atoms with Gasteiger partial charge in [-0.15, -0.1) is 0 Å². The Morgan fingerprint density at radius 2 is 2.06 bits per heavy atom. The molecule has 0 radical (unpaired) electrons. The van der Waals surface area contributed by atoms with Crippen LogP contribution in [0.15, 0.2) is 40.7 Å². The zero-order valence-electron chi connectivity index (χ0n) is 19.0. The van der Waals surface area contributed by atoms with E-state index in [1.807, 2.05) is 6.92 Å². The molecular weight excluding hydrogens is 469 g/mol. The second-order valence-corrected chi connectivity index (χ2v) is 9.80. The second-order valence-electron chi connectivity index (χ2n) is 8.00. The SMILES string of the molecule is CCSCCOC(=O)C1=C(C)NC2=C(C(=O)[C@@H](C(=O)OC)[C@H](C)C2)[C@@H]1c1c(F)cccc1Cl. The predicted octanol–water partition coefficient (Wildman–Crippen LogP) is 4.39. The van der Waals surface area contributed by atoms with Gasteiger partial charge in [-0.3, -0.25) is 9.59 Å². The number of nitrogens with one attached hydrogen (secondary N) is 1. The summed E-state index contributed by atoms with van der Waals surface area (Å²) < 4.78 is 25.5. The van der Waals surface area contributed by atoms with Crippen molar-refractivity contribution >= 4 is 41.1 Å². The van der Waals surface area contributed by atoms with E-state index < -0.39 is 35.4 Å². The number of esters is 2. The molecule has 6 nitrogen and oxygen atoms in total. The van der Waals surface area contributed by atoms with Crippen molar-refractivity contribution in [1.29, 1.82) is 0 Å². The third-order valence-corrected chi connectivity index (χ3v) is 7.11. The first kappa shape index (κ1) is 25.3. The monoisotopic (exact) mass is 495 g/mol. The third kappa shape index (κ3) is 4.96. The van der Waals surface area contributed by atoms with Crippen LogP contribution in [0, 0.1) is 17.7 Å². The molecule has 0 bridgehead atoms. The van der Waals surface area contributed by atoms with Gasteiger partial charge in [-0.25, -0.2) is 9.18 Å². The summed E-state index contributed by atoms with van der Waals surface area (Å²) >= 11 is 8.02. The molecule has 1 aliphatic carbocycles. The zero-order valence-corrected chi connectivity index (χ0v) is 20.6. The number of benzene rings is 1. The molecule has 0 aromatic heterocycles. The summed E-state index contributed by atoms with van der Waals surface area (Å²) in [5, 5.41) is 3.22. The van der Waals surface area contributed by atoms with E-state index in [0.29, 0.717) is 23.6 Å². The second kappa shape index (κ2) is 10.7. The van der Waals surface area contributed by atoms with Crippen molar-refractivity contribution in [2.75, 3.05) is 25.2 Å². The molecule has 3 atom stereocenters. The highest BCUT2D eigenvalue weighted by Gasteiger charge is 2.48. The molecule has 1 N–H and O–H groups in total. The molecule has 0 saturated carbocycles. The molecule has 1 aromatic carbocycles. The maximum absolute atomic E-state index is 15.1. The number of ether oxygens (including phenoxy) is 2. The average Bonchev–Trinajstić information content (AvgIpc) is 2.75.